The largest absolute Gasteiger partial charge is 0.364 e. The molecule has 2 aliphatic carbocycles. The molecule has 4 nitrogen and oxygen atoms in total. The van der Waals surface area contributed by atoms with E-state index >= 15 is 0 Å². The number of H-pyrrole nitrogens is 1. The Morgan fingerprint density at radius 2 is 2.06 bits per heavy atom. The molecule has 1 heterocycles. The molecule has 1 fully saturated rings. The number of amides is 1. The van der Waals surface area contributed by atoms with Gasteiger partial charge in [-0.25, -0.2) is 0 Å². The second-order valence-corrected chi connectivity index (χ2v) is 5.28. The van der Waals surface area contributed by atoms with Crippen molar-refractivity contribution in [3.05, 3.63) is 17.0 Å². The average molecular weight is 219 g/mol. The molecule has 0 bridgehead atoms. The van der Waals surface area contributed by atoms with Crippen LogP contribution in [0.3, 0.4) is 0 Å². The van der Waals surface area contributed by atoms with Crippen LogP contribution in [0.5, 0.6) is 0 Å². The van der Waals surface area contributed by atoms with Crippen LogP contribution in [0.15, 0.2) is 0 Å². The van der Waals surface area contributed by atoms with E-state index in [0.29, 0.717) is 11.1 Å². The summed E-state index contributed by atoms with van der Waals surface area (Å²) in [6.07, 6.45) is 8.58. The van der Waals surface area contributed by atoms with Gasteiger partial charge in [-0.05, 0) is 37.5 Å². The van der Waals surface area contributed by atoms with Crippen molar-refractivity contribution in [2.45, 2.75) is 44.9 Å². The van der Waals surface area contributed by atoms with Crippen LogP contribution in [-0.2, 0) is 12.8 Å². The lowest BCUT2D eigenvalue weighted by Crippen LogP contribution is -2.26. The van der Waals surface area contributed by atoms with E-state index in [0.717, 1.165) is 24.1 Å². The normalized spacial score (nSPS) is 22.2. The molecule has 86 valence electrons. The minimum atomic E-state index is -0.403. The number of nitrogens with zero attached hydrogens (tertiary/aromatic N) is 1. The molecular formula is C12H17N3O. The second kappa shape index (κ2) is 3.34. The summed E-state index contributed by atoms with van der Waals surface area (Å²) >= 11 is 0. The first-order valence-corrected chi connectivity index (χ1v) is 6.06. The van der Waals surface area contributed by atoms with E-state index < -0.39 is 5.91 Å². The Hall–Kier alpha value is -1.32. The highest BCUT2D eigenvalue weighted by Crippen LogP contribution is 2.47. The molecule has 0 radical (unpaired) electrons. The third-order valence-corrected chi connectivity index (χ3v) is 4.31. The fourth-order valence-electron chi connectivity index (χ4n) is 3.43. The smallest absolute Gasteiger partial charge is 0.269 e. The number of aromatic nitrogens is 2. The van der Waals surface area contributed by atoms with Crippen LogP contribution < -0.4 is 5.73 Å². The van der Waals surface area contributed by atoms with Gasteiger partial charge in [-0.3, -0.25) is 9.89 Å². The van der Waals surface area contributed by atoms with E-state index in [1.165, 1.54) is 32.1 Å². The van der Waals surface area contributed by atoms with Crippen LogP contribution in [0.25, 0.3) is 0 Å². The summed E-state index contributed by atoms with van der Waals surface area (Å²) < 4.78 is 0. The van der Waals surface area contributed by atoms with E-state index in [1.807, 2.05) is 0 Å². The van der Waals surface area contributed by atoms with Crippen LogP contribution in [0.2, 0.25) is 0 Å². The minimum absolute atomic E-state index is 0.403. The molecule has 0 aliphatic heterocycles. The minimum Gasteiger partial charge on any atom is -0.364 e. The standard InChI is InChI=1S/C12H17N3O/c13-11(16)10-8-3-6-12(4-1-2-5-12)7-9(8)14-15-10/h1-7H2,(H2,13,16)(H,14,15). The Morgan fingerprint density at radius 1 is 1.31 bits per heavy atom. The van der Waals surface area contributed by atoms with Crippen LogP contribution >= 0.6 is 0 Å². The van der Waals surface area contributed by atoms with E-state index in [-0.39, 0.29) is 0 Å². The number of carbonyl (C=O) groups excluding carboxylic acids is 1. The van der Waals surface area contributed by atoms with Gasteiger partial charge in [0.1, 0.15) is 0 Å². The highest BCUT2D eigenvalue weighted by atomic mass is 16.1. The summed E-state index contributed by atoms with van der Waals surface area (Å²) in [7, 11) is 0. The van der Waals surface area contributed by atoms with Crippen molar-refractivity contribution in [2.75, 3.05) is 0 Å². The Labute approximate surface area is 94.6 Å². The Bertz CT molecular complexity index is 429. The summed E-state index contributed by atoms with van der Waals surface area (Å²) in [5.74, 6) is -0.403. The van der Waals surface area contributed by atoms with Gasteiger partial charge in [0.15, 0.2) is 5.69 Å². The molecule has 1 spiro atoms. The van der Waals surface area contributed by atoms with Crippen molar-refractivity contribution in [3.63, 3.8) is 0 Å². The fraction of sp³-hybridized carbons (Fsp3) is 0.667. The summed E-state index contributed by atoms with van der Waals surface area (Å²) in [5.41, 5.74) is 8.49. The average Bonchev–Trinajstić information content (AvgIpc) is 2.85. The number of primary amides is 1. The first kappa shape index (κ1) is 9.87. The van der Waals surface area contributed by atoms with Crippen molar-refractivity contribution >= 4 is 5.91 Å². The quantitative estimate of drug-likeness (QED) is 0.752. The van der Waals surface area contributed by atoms with E-state index in [9.17, 15) is 4.79 Å². The first-order chi connectivity index (χ1) is 7.70. The molecule has 1 aromatic heterocycles. The summed E-state index contributed by atoms with van der Waals surface area (Å²) in [4.78, 5) is 11.2. The molecule has 4 heteroatoms. The zero-order valence-electron chi connectivity index (χ0n) is 9.38. The van der Waals surface area contributed by atoms with Crippen LogP contribution in [0.4, 0.5) is 0 Å². The number of hydrogen-bond acceptors (Lipinski definition) is 2. The van der Waals surface area contributed by atoms with Gasteiger partial charge in [-0.2, -0.15) is 5.10 Å². The predicted octanol–water partition coefficient (Wildman–Crippen LogP) is 1.56. The van der Waals surface area contributed by atoms with Gasteiger partial charge in [0, 0.05) is 11.3 Å². The van der Waals surface area contributed by atoms with Gasteiger partial charge >= 0.3 is 0 Å². The van der Waals surface area contributed by atoms with Crippen molar-refractivity contribution in [2.24, 2.45) is 11.1 Å². The predicted molar refractivity (Wildman–Crippen MR) is 60.0 cm³/mol. The Balaban J connectivity index is 1.93. The molecule has 0 unspecified atom stereocenters. The number of hydrogen-bond donors (Lipinski definition) is 2. The number of nitrogens with two attached hydrogens (primary N) is 1. The van der Waals surface area contributed by atoms with Crippen LogP contribution in [-0.4, -0.2) is 16.1 Å². The zero-order valence-corrected chi connectivity index (χ0v) is 9.38. The molecule has 3 N–H and O–H groups in total. The molecule has 1 amide bonds. The number of nitrogens with one attached hydrogen (secondary N) is 1. The van der Waals surface area contributed by atoms with Crippen molar-refractivity contribution < 1.29 is 4.79 Å². The van der Waals surface area contributed by atoms with Gasteiger partial charge in [-0.15, -0.1) is 0 Å². The monoisotopic (exact) mass is 219 g/mol. The number of aromatic amines is 1. The third kappa shape index (κ3) is 1.36. The van der Waals surface area contributed by atoms with Gasteiger partial charge in [0.25, 0.3) is 5.91 Å². The van der Waals surface area contributed by atoms with E-state index in [2.05, 4.69) is 10.2 Å². The molecule has 0 aromatic carbocycles. The van der Waals surface area contributed by atoms with Gasteiger partial charge in [0.2, 0.25) is 0 Å². The molecule has 0 atom stereocenters. The van der Waals surface area contributed by atoms with Gasteiger partial charge in [-0.1, -0.05) is 12.8 Å². The molecule has 1 aromatic rings. The molecule has 3 rings (SSSR count). The summed E-state index contributed by atoms with van der Waals surface area (Å²) in [5, 5.41) is 7.06. The van der Waals surface area contributed by atoms with Crippen molar-refractivity contribution in [3.8, 4) is 0 Å². The number of carbonyl (C=O) groups is 1. The Kier molecular flexibility index (Phi) is 2.06. The second-order valence-electron chi connectivity index (χ2n) is 5.28. The lowest BCUT2D eigenvalue weighted by atomic mass is 9.72. The molecule has 16 heavy (non-hydrogen) atoms. The molecule has 1 saturated carbocycles. The van der Waals surface area contributed by atoms with Crippen molar-refractivity contribution in [1.82, 2.24) is 10.2 Å². The maximum Gasteiger partial charge on any atom is 0.269 e. The first-order valence-electron chi connectivity index (χ1n) is 6.06. The SMILES string of the molecule is NC(=O)c1n[nH]c2c1CCC1(CCCC1)C2. The third-order valence-electron chi connectivity index (χ3n) is 4.31. The van der Waals surface area contributed by atoms with Crippen molar-refractivity contribution in [1.29, 1.82) is 0 Å². The summed E-state index contributed by atoms with van der Waals surface area (Å²) in [6.45, 7) is 0. The van der Waals surface area contributed by atoms with Gasteiger partial charge < -0.3 is 5.73 Å². The lowest BCUT2D eigenvalue weighted by Gasteiger charge is -2.32. The molecule has 2 aliphatic rings. The Morgan fingerprint density at radius 3 is 2.75 bits per heavy atom. The van der Waals surface area contributed by atoms with E-state index in [1.54, 1.807) is 0 Å². The van der Waals surface area contributed by atoms with Gasteiger partial charge in [0.05, 0.1) is 0 Å². The fourth-order valence-corrected chi connectivity index (χ4v) is 3.43. The molecular weight excluding hydrogens is 202 g/mol. The highest BCUT2D eigenvalue weighted by molar-refractivity contribution is 5.92. The maximum atomic E-state index is 11.2. The lowest BCUT2D eigenvalue weighted by molar-refractivity contribution is 0.0994. The van der Waals surface area contributed by atoms with Crippen LogP contribution in [0, 0.1) is 5.41 Å². The number of fused-ring (bicyclic) bond motifs is 1. The number of rotatable bonds is 1. The topological polar surface area (TPSA) is 71.8 Å². The zero-order chi connectivity index (χ0) is 11.2. The van der Waals surface area contributed by atoms with E-state index in [4.69, 9.17) is 5.73 Å². The highest BCUT2D eigenvalue weighted by Gasteiger charge is 2.39. The molecule has 0 saturated heterocycles. The summed E-state index contributed by atoms with van der Waals surface area (Å²) in [6, 6.07) is 0. The maximum absolute atomic E-state index is 11.2. The van der Waals surface area contributed by atoms with Crippen LogP contribution in [0.1, 0.15) is 53.8 Å².